The summed E-state index contributed by atoms with van der Waals surface area (Å²) in [5, 5.41) is 9.27. The molecule has 0 spiro atoms. The van der Waals surface area contributed by atoms with Crippen LogP contribution in [0.5, 0.6) is 0 Å². The molecule has 0 aliphatic carbocycles. The average Bonchev–Trinajstić information content (AvgIpc) is 2.48. The van der Waals surface area contributed by atoms with Crippen LogP contribution in [-0.4, -0.2) is 21.9 Å². The highest BCUT2D eigenvalue weighted by molar-refractivity contribution is 5.88. The summed E-state index contributed by atoms with van der Waals surface area (Å²) in [6.07, 6.45) is 1.00. The molecular formula is C17H23N5O. The molecule has 1 unspecified atom stereocenters. The van der Waals surface area contributed by atoms with Gasteiger partial charge in [-0.3, -0.25) is 4.79 Å². The van der Waals surface area contributed by atoms with E-state index >= 15 is 0 Å². The van der Waals surface area contributed by atoms with Crippen LogP contribution in [0.2, 0.25) is 0 Å². The minimum absolute atomic E-state index is 0.0853. The maximum atomic E-state index is 11.0. The second-order valence-electron chi connectivity index (χ2n) is 5.56. The third kappa shape index (κ3) is 5.25. The van der Waals surface area contributed by atoms with Gasteiger partial charge in [-0.1, -0.05) is 6.92 Å². The molecular weight excluding hydrogens is 290 g/mol. The van der Waals surface area contributed by atoms with E-state index in [4.69, 9.17) is 0 Å². The molecule has 0 radical (unpaired) electrons. The van der Waals surface area contributed by atoms with Crippen molar-refractivity contribution in [2.45, 2.75) is 40.2 Å². The van der Waals surface area contributed by atoms with Gasteiger partial charge in [0.2, 0.25) is 11.9 Å². The second-order valence-corrected chi connectivity index (χ2v) is 5.56. The fourth-order valence-electron chi connectivity index (χ4n) is 2.01. The molecule has 1 aromatic carbocycles. The SMILES string of the molecule is CCC(C)Nc1nc(C)cc(Nc2ccc(NC(C)=O)cc2)n1. The van der Waals surface area contributed by atoms with Crippen molar-refractivity contribution in [2.24, 2.45) is 0 Å². The maximum absolute atomic E-state index is 11.0. The molecule has 0 saturated carbocycles. The molecule has 0 aliphatic heterocycles. The molecule has 122 valence electrons. The van der Waals surface area contributed by atoms with Crippen molar-refractivity contribution in [1.29, 1.82) is 0 Å². The molecule has 3 N–H and O–H groups in total. The number of anilines is 4. The lowest BCUT2D eigenvalue weighted by Gasteiger charge is -2.13. The van der Waals surface area contributed by atoms with E-state index in [-0.39, 0.29) is 5.91 Å². The van der Waals surface area contributed by atoms with E-state index in [0.29, 0.717) is 12.0 Å². The summed E-state index contributed by atoms with van der Waals surface area (Å²) < 4.78 is 0. The van der Waals surface area contributed by atoms with E-state index in [9.17, 15) is 4.79 Å². The van der Waals surface area contributed by atoms with Crippen molar-refractivity contribution in [2.75, 3.05) is 16.0 Å². The van der Waals surface area contributed by atoms with Gasteiger partial charge in [-0.25, -0.2) is 4.98 Å². The van der Waals surface area contributed by atoms with Gasteiger partial charge in [0, 0.05) is 36.1 Å². The zero-order chi connectivity index (χ0) is 16.8. The van der Waals surface area contributed by atoms with E-state index in [0.717, 1.165) is 29.3 Å². The first-order valence-electron chi connectivity index (χ1n) is 7.73. The van der Waals surface area contributed by atoms with Gasteiger partial charge in [0.1, 0.15) is 5.82 Å². The van der Waals surface area contributed by atoms with Gasteiger partial charge in [0.05, 0.1) is 0 Å². The average molecular weight is 313 g/mol. The monoisotopic (exact) mass is 313 g/mol. The van der Waals surface area contributed by atoms with Gasteiger partial charge < -0.3 is 16.0 Å². The molecule has 6 nitrogen and oxygen atoms in total. The lowest BCUT2D eigenvalue weighted by molar-refractivity contribution is -0.114. The Kier molecular flexibility index (Phi) is 5.51. The number of hydrogen-bond acceptors (Lipinski definition) is 5. The Morgan fingerprint density at radius 3 is 2.43 bits per heavy atom. The van der Waals surface area contributed by atoms with E-state index in [1.165, 1.54) is 6.92 Å². The summed E-state index contributed by atoms with van der Waals surface area (Å²) in [7, 11) is 0. The van der Waals surface area contributed by atoms with Crippen LogP contribution in [0, 0.1) is 6.92 Å². The molecule has 0 bridgehead atoms. The van der Waals surface area contributed by atoms with Crippen molar-refractivity contribution in [1.82, 2.24) is 9.97 Å². The summed E-state index contributed by atoms with van der Waals surface area (Å²) in [5.74, 6) is 1.27. The number of benzene rings is 1. The Morgan fingerprint density at radius 1 is 1.17 bits per heavy atom. The van der Waals surface area contributed by atoms with Gasteiger partial charge in [0.25, 0.3) is 0 Å². The van der Waals surface area contributed by atoms with Crippen molar-refractivity contribution in [3.63, 3.8) is 0 Å². The van der Waals surface area contributed by atoms with Crippen molar-refractivity contribution in [3.05, 3.63) is 36.0 Å². The standard InChI is InChI=1S/C17H23N5O/c1-5-11(2)18-17-19-12(3)10-16(22-17)21-15-8-6-14(7-9-15)20-13(4)23/h6-11H,5H2,1-4H3,(H,20,23)(H2,18,19,21,22). The lowest BCUT2D eigenvalue weighted by atomic mass is 10.2. The van der Waals surface area contributed by atoms with E-state index < -0.39 is 0 Å². The molecule has 1 atom stereocenters. The third-order valence-corrected chi connectivity index (χ3v) is 3.32. The van der Waals surface area contributed by atoms with Gasteiger partial charge in [-0.15, -0.1) is 0 Å². The summed E-state index contributed by atoms with van der Waals surface area (Å²) in [5.41, 5.74) is 2.55. The minimum atomic E-state index is -0.0853. The number of nitrogens with zero attached hydrogens (tertiary/aromatic N) is 2. The Hall–Kier alpha value is -2.63. The van der Waals surface area contributed by atoms with Crippen LogP contribution < -0.4 is 16.0 Å². The molecule has 1 aromatic heterocycles. The number of aryl methyl sites for hydroxylation is 1. The number of amides is 1. The molecule has 1 heterocycles. The summed E-state index contributed by atoms with van der Waals surface area (Å²) in [4.78, 5) is 19.9. The first-order chi connectivity index (χ1) is 11.0. The highest BCUT2D eigenvalue weighted by Crippen LogP contribution is 2.19. The zero-order valence-electron chi connectivity index (χ0n) is 14.0. The number of carbonyl (C=O) groups excluding carboxylic acids is 1. The Bertz CT molecular complexity index is 669. The fourth-order valence-corrected chi connectivity index (χ4v) is 2.01. The predicted octanol–water partition coefficient (Wildman–Crippen LogP) is 3.70. The van der Waals surface area contributed by atoms with Crippen LogP contribution in [0.1, 0.15) is 32.9 Å². The Morgan fingerprint density at radius 2 is 1.83 bits per heavy atom. The topological polar surface area (TPSA) is 78.9 Å². The van der Waals surface area contributed by atoms with Gasteiger partial charge in [-0.05, 0) is 44.5 Å². The van der Waals surface area contributed by atoms with Crippen LogP contribution in [-0.2, 0) is 4.79 Å². The molecule has 23 heavy (non-hydrogen) atoms. The van der Waals surface area contributed by atoms with Gasteiger partial charge in [-0.2, -0.15) is 4.98 Å². The quantitative estimate of drug-likeness (QED) is 0.758. The van der Waals surface area contributed by atoms with Crippen LogP contribution >= 0.6 is 0 Å². The fraction of sp³-hybridized carbons (Fsp3) is 0.353. The normalized spacial score (nSPS) is 11.7. The van der Waals surface area contributed by atoms with Crippen LogP contribution in [0.3, 0.4) is 0 Å². The van der Waals surface area contributed by atoms with Crippen molar-refractivity contribution >= 4 is 29.0 Å². The molecule has 6 heteroatoms. The van der Waals surface area contributed by atoms with E-state index in [1.54, 1.807) is 0 Å². The van der Waals surface area contributed by atoms with Crippen LogP contribution in [0.4, 0.5) is 23.1 Å². The van der Waals surface area contributed by atoms with Gasteiger partial charge in [0.15, 0.2) is 0 Å². The summed E-state index contributed by atoms with van der Waals surface area (Å²) in [6, 6.07) is 9.69. The van der Waals surface area contributed by atoms with Crippen LogP contribution in [0.15, 0.2) is 30.3 Å². The molecule has 1 amide bonds. The number of rotatable bonds is 6. The number of aromatic nitrogens is 2. The molecule has 0 aliphatic rings. The van der Waals surface area contributed by atoms with E-state index in [2.05, 4.69) is 39.8 Å². The van der Waals surface area contributed by atoms with Crippen LogP contribution in [0.25, 0.3) is 0 Å². The second kappa shape index (κ2) is 7.58. The first-order valence-corrected chi connectivity index (χ1v) is 7.73. The van der Waals surface area contributed by atoms with Crippen molar-refractivity contribution < 1.29 is 4.79 Å². The van der Waals surface area contributed by atoms with Gasteiger partial charge >= 0.3 is 0 Å². The minimum Gasteiger partial charge on any atom is -0.352 e. The Balaban J connectivity index is 2.11. The highest BCUT2D eigenvalue weighted by Gasteiger charge is 2.05. The zero-order valence-corrected chi connectivity index (χ0v) is 14.0. The number of nitrogens with one attached hydrogen (secondary N) is 3. The largest absolute Gasteiger partial charge is 0.352 e. The first kappa shape index (κ1) is 16.7. The summed E-state index contributed by atoms with van der Waals surface area (Å²) >= 11 is 0. The molecule has 2 aromatic rings. The Labute approximate surface area is 136 Å². The van der Waals surface area contributed by atoms with Crippen molar-refractivity contribution in [3.8, 4) is 0 Å². The molecule has 0 fully saturated rings. The lowest BCUT2D eigenvalue weighted by Crippen LogP contribution is -2.16. The smallest absolute Gasteiger partial charge is 0.225 e. The maximum Gasteiger partial charge on any atom is 0.225 e. The van der Waals surface area contributed by atoms with E-state index in [1.807, 2.05) is 37.3 Å². The number of hydrogen-bond donors (Lipinski definition) is 3. The number of carbonyl (C=O) groups is 1. The molecule has 0 saturated heterocycles. The third-order valence-electron chi connectivity index (χ3n) is 3.32. The molecule has 2 rings (SSSR count). The highest BCUT2D eigenvalue weighted by atomic mass is 16.1. The summed E-state index contributed by atoms with van der Waals surface area (Å²) in [6.45, 7) is 7.64. The predicted molar refractivity (Wildman–Crippen MR) is 94.2 cm³/mol.